The maximum Gasteiger partial charge on any atom is 0.314 e. The SMILES string of the molecule is C=C(CO)CCNC(=O)NCCCCCCCCCCCCCCCC. The third-order valence-corrected chi connectivity index (χ3v) is 4.80. The Labute approximate surface area is 162 Å². The van der Waals surface area contributed by atoms with Gasteiger partial charge in [-0.05, 0) is 12.8 Å². The molecule has 0 heterocycles. The van der Waals surface area contributed by atoms with Gasteiger partial charge in [0, 0.05) is 13.1 Å². The van der Waals surface area contributed by atoms with Crippen molar-refractivity contribution in [2.75, 3.05) is 19.7 Å². The zero-order valence-electron chi connectivity index (χ0n) is 17.3. The van der Waals surface area contributed by atoms with Crippen LogP contribution in [0.25, 0.3) is 0 Å². The second-order valence-corrected chi connectivity index (χ2v) is 7.44. The van der Waals surface area contributed by atoms with Crippen LogP contribution in [0.4, 0.5) is 4.79 Å². The lowest BCUT2D eigenvalue weighted by Crippen LogP contribution is -2.36. The summed E-state index contributed by atoms with van der Waals surface area (Å²) in [7, 11) is 0. The smallest absolute Gasteiger partial charge is 0.314 e. The average Bonchev–Trinajstić information content (AvgIpc) is 2.64. The van der Waals surface area contributed by atoms with E-state index in [0.29, 0.717) is 13.0 Å². The molecular weight excluding hydrogens is 324 g/mol. The highest BCUT2D eigenvalue weighted by Crippen LogP contribution is 2.12. The van der Waals surface area contributed by atoms with Crippen molar-refractivity contribution in [2.45, 2.75) is 103 Å². The second kappa shape index (κ2) is 20.3. The van der Waals surface area contributed by atoms with E-state index in [-0.39, 0.29) is 12.6 Å². The van der Waals surface area contributed by atoms with Gasteiger partial charge in [-0.1, -0.05) is 103 Å². The molecule has 0 aromatic carbocycles. The minimum Gasteiger partial charge on any atom is -0.392 e. The molecule has 154 valence electrons. The van der Waals surface area contributed by atoms with Gasteiger partial charge in [0.05, 0.1) is 6.61 Å². The molecule has 0 aromatic heterocycles. The summed E-state index contributed by atoms with van der Waals surface area (Å²) in [4.78, 5) is 11.5. The third-order valence-electron chi connectivity index (χ3n) is 4.80. The number of amides is 2. The predicted molar refractivity (Wildman–Crippen MR) is 113 cm³/mol. The summed E-state index contributed by atoms with van der Waals surface area (Å²) < 4.78 is 0. The van der Waals surface area contributed by atoms with Crippen molar-refractivity contribution in [3.8, 4) is 0 Å². The van der Waals surface area contributed by atoms with Crippen molar-refractivity contribution in [1.82, 2.24) is 10.6 Å². The van der Waals surface area contributed by atoms with E-state index >= 15 is 0 Å². The number of carbonyl (C=O) groups excluding carboxylic acids is 1. The number of unbranched alkanes of at least 4 members (excludes halogenated alkanes) is 13. The number of rotatable bonds is 19. The lowest BCUT2D eigenvalue weighted by Gasteiger charge is -2.08. The number of aliphatic hydroxyl groups excluding tert-OH is 1. The molecule has 0 saturated heterocycles. The molecule has 0 atom stereocenters. The predicted octanol–water partition coefficient (Wildman–Crippen LogP) is 5.71. The highest BCUT2D eigenvalue weighted by Gasteiger charge is 1.99. The Morgan fingerprint density at radius 2 is 1.15 bits per heavy atom. The first kappa shape index (κ1) is 25.0. The van der Waals surface area contributed by atoms with Crippen LogP contribution < -0.4 is 10.6 Å². The summed E-state index contributed by atoms with van der Waals surface area (Å²) in [5, 5.41) is 14.5. The summed E-state index contributed by atoms with van der Waals surface area (Å²) in [5.74, 6) is 0. The first-order chi connectivity index (χ1) is 12.7. The Hall–Kier alpha value is -1.03. The molecule has 0 aliphatic rings. The fourth-order valence-electron chi connectivity index (χ4n) is 3.02. The fourth-order valence-corrected chi connectivity index (χ4v) is 3.02. The second-order valence-electron chi connectivity index (χ2n) is 7.44. The summed E-state index contributed by atoms with van der Waals surface area (Å²) in [5.41, 5.74) is 0.747. The van der Waals surface area contributed by atoms with Gasteiger partial charge < -0.3 is 15.7 Å². The minimum atomic E-state index is -0.120. The molecule has 0 unspecified atom stereocenters. The lowest BCUT2D eigenvalue weighted by atomic mass is 10.0. The summed E-state index contributed by atoms with van der Waals surface area (Å²) in [6, 6.07) is -0.120. The van der Waals surface area contributed by atoms with Crippen LogP contribution in [-0.2, 0) is 0 Å². The molecule has 4 nitrogen and oxygen atoms in total. The molecule has 0 spiro atoms. The van der Waals surface area contributed by atoms with E-state index in [1.54, 1.807) is 0 Å². The average molecular weight is 369 g/mol. The molecule has 26 heavy (non-hydrogen) atoms. The van der Waals surface area contributed by atoms with E-state index in [0.717, 1.165) is 18.5 Å². The van der Waals surface area contributed by atoms with Crippen molar-refractivity contribution in [2.24, 2.45) is 0 Å². The van der Waals surface area contributed by atoms with Crippen molar-refractivity contribution < 1.29 is 9.90 Å². The van der Waals surface area contributed by atoms with Crippen LogP contribution in [0.3, 0.4) is 0 Å². The Morgan fingerprint density at radius 1 is 0.731 bits per heavy atom. The minimum absolute atomic E-state index is 0.0116. The Morgan fingerprint density at radius 3 is 1.62 bits per heavy atom. The molecule has 4 heteroatoms. The van der Waals surface area contributed by atoms with Crippen molar-refractivity contribution in [3.05, 3.63) is 12.2 Å². The maximum absolute atomic E-state index is 11.5. The van der Waals surface area contributed by atoms with Gasteiger partial charge in [0.2, 0.25) is 0 Å². The highest BCUT2D eigenvalue weighted by molar-refractivity contribution is 5.73. The van der Waals surface area contributed by atoms with Crippen LogP contribution >= 0.6 is 0 Å². The first-order valence-electron chi connectivity index (χ1n) is 11.0. The molecule has 0 aliphatic heterocycles. The van der Waals surface area contributed by atoms with E-state index in [2.05, 4.69) is 24.1 Å². The van der Waals surface area contributed by atoms with Gasteiger partial charge in [0.1, 0.15) is 0 Å². The van der Waals surface area contributed by atoms with E-state index in [9.17, 15) is 4.79 Å². The fraction of sp³-hybridized carbons (Fsp3) is 0.864. The monoisotopic (exact) mass is 368 g/mol. The quantitative estimate of drug-likeness (QED) is 0.202. The first-order valence-corrected chi connectivity index (χ1v) is 11.0. The zero-order chi connectivity index (χ0) is 19.3. The van der Waals surface area contributed by atoms with Gasteiger partial charge in [0.25, 0.3) is 0 Å². The molecule has 0 fully saturated rings. The topological polar surface area (TPSA) is 61.4 Å². The Bertz CT molecular complexity index is 332. The van der Waals surface area contributed by atoms with Crippen LogP contribution in [0.2, 0.25) is 0 Å². The van der Waals surface area contributed by atoms with Gasteiger partial charge in [-0.25, -0.2) is 4.79 Å². The zero-order valence-corrected chi connectivity index (χ0v) is 17.3. The van der Waals surface area contributed by atoms with Crippen molar-refractivity contribution in [3.63, 3.8) is 0 Å². The number of hydrogen-bond donors (Lipinski definition) is 3. The van der Waals surface area contributed by atoms with Crippen molar-refractivity contribution in [1.29, 1.82) is 0 Å². The largest absolute Gasteiger partial charge is 0.392 e. The molecule has 0 radical (unpaired) electrons. The molecule has 0 saturated carbocycles. The number of hydrogen-bond acceptors (Lipinski definition) is 2. The van der Waals surface area contributed by atoms with Crippen LogP contribution in [0.5, 0.6) is 0 Å². The van der Waals surface area contributed by atoms with Crippen LogP contribution in [0, 0.1) is 0 Å². The molecule has 0 rings (SSSR count). The van der Waals surface area contributed by atoms with E-state index in [4.69, 9.17) is 5.11 Å². The molecule has 2 amide bonds. The highest BCUT2D eigenvalue weighted by atomic mass is 16.3. The van der Waals surface area contributed by atoms with E-state index in [1.165, 1.54) is 83.5 Å². The van der Waals surface area contributed by atoms with Gasteiger partial charge in [-0.2, -0.15) is 0 Å². The lowest BCUT2D eigenvalue weighted by molar-refractivity contribution is 0.240. The van der Waals surface area contributed by atoms with Crippen LogP contribution in [-0.4, -0.2) is 30.8 Å². The van der Waals surface area contributed by atoms with Gasteiger partial charge >= 0.3 is 6.03 Å². The maximum atomic E-state index is 11.5. The van der Waals surface area contributed by atoms with Crippen LogP contribution in [0.1, 0.15) is 103 Å². The Balaban J connectivity index is 3.15. The molecule has 0 bridgehead atoms. The standard InChI is InChI=1S/C22H44N2O2/c1-3-4-5-6-7-8-9-10-11-12-13-14-15-16-18-23-22(26)24-19-17-21(2)20-25/h25H,2-20H2,1H3,(H2,23,24,26). The van der Waals surface area contributed by atoms with Crippen LogP contribution in [0.15, 0.2) is 12.2 Å². The van der Waals surface area contributed by atoms with Gasteiger partial charge in [-0.15, -0.1) is 0 Å². The normalized spacial score (nSPS) is 10.7. The summed E-state index contributed by atoms with van der Waals surface area (Å²) in [6.45, 7) is 7.23. The van der Waals surface area contributed by atoms with E-state index < -0.39 is 0 Å². The van der Waals surface area contributed by atoms with Crippen molar-refractivity contribution >= 4 is 6.03 Å². The Kier molecular flexibility index (Phi) is 19.5. The molecule has 3 N–H and O–H groups in total. The number of aliphatic hydroxyl groups is 1. The van der Waals surface area contributed by atoms with E-state index in [1.807, 2.05) is 0 Å². The summed E-state index contributed by atoms with van der Waals surface area (Å²) in [6.07, 6.45) is 19.5. The molecule has 0 aromatic rings. The number of carbonyl (C=O) groups is 1. The number of nitrogens with one attached hydrogen (secondary N) is 2. The summed E-state index contributed by atoms with van der Waals surface area (Å²) >= 11 is 0. The molecule has 0 aliphatic carbocycles. The number of urea groups is 1. The van der Waals surface area contributed by atoms with Gasteiger partial charge in [-0.3, -0.25) is 0 Å². The van der Waals surface area contributed by atoms with Gasteiger partial charge in [0.15, 0.2) is 0 Å². The third kappa shape index (κ3) is 19.3. The molecular formula is C22H44N2O2.